The lowest BCUT2D eigenvalue weighted by atomic mass is 10.1. The number of aromatic nitrogens is 3. The molecule has 166 valence electrons. The molecule has 2 aromatic heterocycles. The summed E-state index contributed by atoms with van der Waals surface area (Å²) >= 11 is 1.77. The van der Waals surface area contributed by atoms with Crippen LogP contribution in [0.2, 0.25) is 0 Å². The predicted octanol–water partition coefficient (Wildman–Crippen LogP) is 3.24. The molecule has 0 aliphatic heterocycles. The van der Waals surface area contributed by atoms with Gasteiger partial charge in [-0.2, -0.15) is 0 Å². The van der Waals surface area contributed by atoms with Crippen molar-refractivity contribution in [3.63, 3.8) is 0 Å². The fraction of sp³-hybridized carbons (Fsp3) is 0.435. The number of benzene rings is 1. The number of aryl methyl sites for hydroxylation is 2. The topological polar surface area (TPSA) is 76.4 Å². The minimum Gasteiger partial charge on any atom is -0.496 e. The number of hydrogen-bond donors (Lipinski definition) is 2. The Balaban J connectivity index is 1.56. The van der Waals surface area contributed by atoms with Crippen LogP contribution in [0.4, 0.5) is 0 Å². The maximum Gasteiger partial charge on any atom is 0.191 e. The summed E-state index contributed by atoms with van der Waals surface area (Å²) in [7, 11) is 1.72. The first-order valence-corrected chi connectivity index (χ1v) is 11.6. The molecule has 7 nitrogen and oxygen atoms in total. The van der Waals surface area contributed by atoms with Crippen molar-refractivity contribution in [2.24, 2.45) is 4.99 Å². The summed E-state index contributed by atoms with van der Waals surface area (Å²) in [6.45, 7) is 7.27. The van der Waals surface area contributed by atoms with E-state index in [-0.39, 0.29) is 0 Å². The fourth-order valence-corrected chi connectivity index (χ4v) is 4.06. The van der Waals surface area contributed by atoms with Crippen LogP contribution >= 0.6 is 11.3 Å². The van der Waals surface area contributed by atoms with Crippen molar-refractivity contribution in [3.8, 4) is 5.75 Å². The van der Waals surface area contributed by atoms with Crippen molar-refractivity contribution in [2.45, 2.75) is 39.7 Å². The van der Waals surface area contributed by atoms with Crippen molar-refractivity contribution in [1.82, 2.24) is 25.4 Å². The average Bonchev–Trinajstić information content (AvgIpc) is 3.45. The molecular weight excluding hydrogens is 408 g/mol. The zero-order chi connectivity index (χ0) is 21.9. The molecule has 2 heterocycles. The Hall–Kier alpha value is -2.87. The molecular formula is C23H32N6OS. The average molecular weight is 441 g/mol. The summed E-state index contributed by atoms with van der Waals surface area (Å²) in [6, 6.07) is 10.5. The lowest BCUT2D eigenvalue weighted by Gasteiger charge is -2.15. The number of thiophene rings is 1. The molecule has 0 aliphatic rings. The highest BCUT2D eigenvalue weighted by Gasteiger charge is 2.06. The Morgan fingerprint density at radius 2 is 2.06 bits per heavy atom. The number of ether oxygens (including phenoxy) is 1. The third kappa shape index (κ3) is 7.10. The largest absolute Gasteiger partial charge is 0.496 e. The van der Waals surface area contributed by atoms with Gasteiger partial charge in [0.05, 0.1) is 7.11 Å². The minimum atomic E-state index is 0.746. The van der Waals surface area contributed by atoms with Gasteiger partial charge in [0.1, 0.15) is 17.9 Å². The molecule has 0 fully saturated rings. The zero-order valence-electron chi connectivity index (χ0n) is 18.6. The van der Waals surface area contributed by atoms with Gasteiger partial charge in [-0.3, -0.25) is 4.99 Å². The predicted molar refractivity (Wildman–Crippen MR) is 127 cm³/mol. The molecule has 8 heteroatoms. The van der Waals surface area contributed by atoms with Gasteiger partial charge in [0.15, 0.2) is 5.96 Å². The van der Waals surface area contributed by atoms with Gasteiger partial charge < -0.3 is 19.9 Å². The van der Waals surface area contributed by atoms with Crippen LogP contribution in [0, 0.1) is 6.92 Å². The van der Waals surface area contributed by atoms with E-state index in [1.54, 1.807) is 24.8 Å². The van der Waals surface area contributed by atoms with Crippen LogP contribution in [0.1, 0.15) is 28.8 Å². The molecule has 0 spiro atoms. The number of methoxy groups -OCH3 is 1. The molecule has 0 bridgehead atoms. The van der Waals surface area contributed by atoms with Gasteiger partial charge in [-0.1, -0.05) is 30.7 Å². The van der Waals surface area contributed by atoms with E-state index >= 15 is 0 Å². The van der Waals surface area contributed by atoms with E-state index in [2.05, 4.69) is 68.9 Å². The Labute approximate surface area is 188 Å². The lowest BCUT2D eigenvalue weighted by Crippen LogP contribution is -2.40. The highest BCUT2D eigenvalue weighted by molar-refractivity contribution is 7.09. The molecule has 0 atom stereocenters. The van der Waals surface area contributed by atoms with Gasteiger partial charge in [0.25, 0.3) is 0 Å². The van der Waals surface area contributed by atoms with Crippen LogP contribution in [0.15, 0.2) is 47.0 Å². The molecule has 1 aromatic carbocycles. The number of aliphatic imine (C=N–C) groups is 1. The highest BCUT2D eigenvalue weighted by atomic mass is 32.1. The molecule has 31 heavy (non-hydrogen) atoms. The first-order valence-electron chi connectivity index (χ1n) is 10.7. The zero-order valence-corrected chi connectivity index (χ0v) is 19.4. The number of rotatable bonds is 11. The molecule has 0 aliphatic carbocycles. The van der Waals surface area contributed by atoms with Crippen molar-refractivity contribution in [1.29, 1.82) is 0 Å². The van der Waals surface area contributed by atoms with Gasteiger partial charge in [-0.05, 0) is 36.4 Å². The maximum absolute atomic E-state index is 5.51. The molecule has 3 aromatic rings. The number of nitrogens with zero attached hydrogens (tertiary/aromatic N) is 4. The van der Waals surface area contributed by atoms with E-state index < -0.39 is 0 Å². The minimum absolute atomic E-state index is 0.746. The van der Waals surface area contributed by atoms with Gasteiger partial charge in [-0.15, -0.1) is 21.5 Å². The van der Waals surface area contributed by atoms with E-state index in [1.807, 2.05) is 6.07 Å². The third-order valence-corrected chi connectivity index (χ3v) is 5.92. The van der Waals surface area contributed by atoms with Crippen molar-refractivity contribution >= 4 is 17.3 Å². The second-order valence-corrected chi connectivity index (χ2v) is 8.30. The number of nitrogens with one attached hydrogen (secondary N) is 2. The number of guanidine groups is 1. The normalized spacial score (nSPS) is 11.5. The molecule has 3 rings (SSSR count). The van der Waals surface area contributed by atoms with Gasteiger partial charge in [0.2, 0.25) is 0 Å². The summed E-state index contributed by atoms with van der Waals surface area (Å²) in [6.07, 6.45) is 4.47. The second-order valence-electron chi connectivity index (χ2n) is 7.27. The Bertz CT molecular complexity index is 951. The van der Waals surface area contributed by atoms with Crippen LogP contribution in [0.3, 0.4) is 0 Å². The second kappa shape index (κ2) is 12.1. The van der Waals surface area contributed by atoms with Gasteiger partial charge in [0, 0.05) is 43.9 Å². The summed E-state index contributed by atoms with van der Waals surface area (Å²) in [5, 5.41) is 17.2. The van der Waals surface area contributed by atoms with Crippen LogP contribution < -0.4 is 15.4 Å². The first kappa shape index (κ1) is 22.8. The van der Waals surface area contributed by atoms with Crippen LogP contribution in [0.5, 0.6) is 5.75 Å². The van der Waals surface area contributed by atoms with Crippen LogP contribution in [-0.2, 0) is 25.8 Å². The summed E-state index contributed by atoms with van der Waals surface area (Å²) in [5.74, 6) is 2.75. The first-order chi connectivity index (χ1) is 15.2. The summed E-state index contributed by atoms with van der Waals surface area (Å²) in [5.41, 5.74) is 2.43. The smallest absolute Gasteiger partial charge is 0.191 e. The molecule has 0 saturated carbocycles. The fourth-order valence-electron chi connectivity index (χ4n) is 3.36. The van der Waals surface area contributed by atoms with Crippen molar-refractivity contribution in [2.75, 3.05) is 26.7 Å². The highest BCUT2D eigenvalue weighted by Crippen LogP contribution is 2.19. The third-order valence-electron chi connectivity index (χ3n) is 4.99. The van der Waals surface area contributed by atoms with Crippen LogP contribution in [0.25, 0.3) is 0 Å². The standard InChI is InChI=1S/C23H32N6OS/c1-4-22-28-27-17-29(22)14-13-26-23(25-12-10-20-6-5-15-31-20)24-11-9-19-16-18(2)7-8-21(19)30-3/h5-8,15-17H,4,9-14H2,1-3H3,(H2,24,25,26). The van der Waals surface area contributed by atoms with E-state index in [1.165, 1.54) is 16.0 Å². The molecule has 0 saturated heterocycles. The molecule has 0 unspecified atom stereocenters. The van der Waals surface area contributed by atoms with Gasteiger partial charge in [-0.25, -0.2) is 0 Å². The summed E-state index contributed by atoms with van der Waals surface area (Å²) in [4.78, 5) is 6.13. The molecule has 2 N–H and O–H groups in total. The molecule has 0 radical (unpaired) electrons. The van der Waals surface area contributed by atoms with E-state index in [4.69, 9.17) is 9.73 Å². The number of hydrogen-bond acceptors (Lipinski definition) is 5. The maximum atomic E-state index is 5.51. The van der Waals surface area contributed by atoms with E-state index in [9.17, 15) is 0 Å². The van der Waals surface area contributed by atoms with E-state index in [0.717, 1.165) is 63.0 Å². The van der Waals surface area contributed by atoms with E-state index in [0.29, 0.717) is 0 Å². The van der Waals surface area contributed by atoms with Gasteiger partial charge >= 0.3 is 0 Å². The molecule has 0 amide bonds. The SMILES string of the molecule is CCc1nncn1CCNC(=NCCc1cccs1)NCCc1cc(C)ccc1OC. The van der Waals surface area contributed by atoms with Crippen molar-refractivity contribution in [3.05, 3.63) is 63.9 Å². The monoisotopic (exact) mass is 440 g/mol. The van der Waals surface area contributed by atoms with Crippen LogP contribution in [-0.4, -0.2) is 47.5 Å². The lowest BCUT2D eigenvalue weighted by molar-refractivity contribution is 0.409. The Morgan fingerprint density at radius 1 is 1.19 bits per heavy atom. The van der Waals surface area contributed by atoms with Crippen molar-refractivity contribution < 1.29 is 4.74 Å². The Morgan fingerprint density at radius 3 is 2.84 bits per heavy atom. The quantitative estimate of drug-likeness (QED) is 0.354. The summed E-state index contributed by atoms with van der Waals surface area (Å²) < 4.78 is 7.58. The Kier molecular flexibility index (Phi) is 8.90.